The number of nitrogens with zero attached hydrogens (tertiary/aromatic N) is 4. The van der Waals surface area contributed by atoms with Gasteiger partial charge in [0.1, 0.15) is 11.4 Å². The summed E-state index contributed by atoms with van der Waals surface area (Å²) in [6, 6.07) is 5.39. The summed E-state index contributed by atoms with van der Waals surface area (Å²) in [7, 11) is 0. The number of carbonyl (C=O) groups is 1. The lowest BCUT2D eigenvalue weighted by Gasteiger charge is -2.28. The second kappa shape index (κ2) is 11.5. The molecule has 1 atom stereocenters. The number of aliphatic hydroxyl groups is 1. The molecule has 0 spiro atoms. The smallest absolute Gasteiger partial charge is 0.426 e. The van der Waals surface area contributed by atoms with Crippen molar-refractivity contribution >= 4 is 11.6 Å². The van der Waals surface area contributed by atoms with Crippen molar-refractivity contribution in [3.8, 4) is 17.3 Å². The highest BCUT2D eigenvalue weighted by molar-refractivity contribution is 5.95. The molecule has 3 N–H and O–H groups in total. The molecule has 3 aromatic rings. The number of anilines is 1. The minimum absolute atomic E-state index is 0.0373. The quantitative estimate of drug-likeness (QED) is 0.356. The van der Waals surface area contributed by atoms with Crippen LogP contribution in [0.25, 0.3) is 11.6 Å². The van der Waals surface area contributed by atoms with Crippen molar-refractivity contribution in [2.45, 2.75) is 56.4 Å². The number of halogens is 9. The Labute approximate surface area is 236 Å². The Hall–Kier alpha value is -4.09. The predicted molar refractivity (Wildman–Crippen MR) is 128 cm³/mol. The number of amides is 1. The molecule has 18 heteroatoms. The largest absolute Gasteiger partial charge is 0.484 e. The van der Waals surface area contributed by atoms with Gasteiger partial charge in [-0.25, -0.2) is 4.98 Å². The summed E-state index contributed by atoms with van der Waals surface area (Å²) in [4.78, 5) is 18.2. The summed E-state index contributed by atoms with van der Waals surface area (Å²) < 4.78 is 131. The van der Waals surface area contributed by atoms with Crippen LogP contribution in [0.15, 0.2) is 34.7 Å². The van der Waals surface area contributed by atoms with Gasteiger partial charge >= 0.3 is 18.5 Å². The molecule has 0 fully saturated rings. The third-order valence-electron chi connectivity index (χ3n) is 6.44. The molecule has 2 aromatic heterocycles. The normalized spacial score (nSPS) is 18.8. The van der Waals surface area contributed by atoms with E-state index in [-0.39, 0.29) is 37.1 Å². The van der Waals surface area contributed by atoms with Crippen molar-refractivity contribution in [3.63, 3.8) is 0 Å². The molecule has 234 valence electrons. The van der Waals surface area contributed by atoms with E-state index in [1.54, 1.807) is 0 Å². The molecule has 1 aliphatic heterocycles. The number of hydrogen-bond acceptors (Lipinski definition) is 8. The van der Waals surface area contributed by atoms with Gasteiger partial charge in [0.2, 0.25) is 5.60 Å². The van der Waals surface area contributed by atoms with E-state index < -0.39 is 84.0 Å². The number of nitrogens with two attached hydrogens (primary N) is 1. The Kier molecular flexibility index (Phi) is 8.54. The molecule has 0 unspecified atom stereocenters. The van der Waals surface area contributed by atoms with E-state index in [2.05, 4.69) is 15.2 Å². The molecule has 0 saturated heterocycles. The first-order chi connectivity index (χ1) is 19.9. The SMILES string of the molecule is Nc1cc(C(F)(F)F)c2nc1-c1nnc(o1)[C@@](O)(C(F)(F)F)CCCCCN(Cc1cccc(OCC(F)(F)F)c1)C2=O. The van der Waals surface area contributed by atoms with Crippen LogP contribution in [0.1, 0.15) is 53.2 Å². The number of hydrogen-bond donors (Lipinski definition) is 2. The topological polar surface area (TPSA) is 128 Å². The highest BCUT2D eigenvalue weighted by atomic mass is 19.4. The molecule has 0 radical (unpaired) electrons. The average molecular weight is 627 g/mol. The minimum atomic E-state index is -5.28. The maximum Gasteiger partial charge on any atom is 0.426 e. The Bertz CT molecular complexity index is 1470. The van der Waals surface area contributed by atoms with Gasteiger partial charge in [-0.15, -0.1) is 10.2 Å². The van der Waals surface area contributed by atoms with Crippen LogP contribution in [0.4, 0.5) is 45.2 Å². The Morgan fingerprint density at radius 2 is 1.72 bits per heavy atom. The van der Waals surface area contributed by atoms with E-state index in [1.165, 1.54) is 18.2 Å². The van der Waals surface area contributed by atoms with Gasteiger partial charge < -0.3 is 24.9 Å². The minimum Gasteiger partial charge on any atom is -0.484 e. The number of carbonyl (C=O) groups excluding carboxylic acids is 1. The molecule has 4 rings (SSSR count). The zero-order valence-electron chi connectivity index (χ0n) is 21.8. The molecule has 1 aliphatic rings. The maximum atomic E-state index is 14.0. The zero-order valence-corrected chi connectivity index (χ0v) is 21.8. The number of nitrogen functional groups attached to an aromatic ring is 1. The van der Waals surface area contributed by atoms with Crippen LogP contribution < -0.4 is 10.5 Å². The van der Waals surface area contributed by atoms with E-state index in [4.69, 9.17) is 14.9 Å². The van der Waals surface area contributed by atoms with Crippen molar-refractivity contribution in [1.82, 2.24) is 20.1 Å². The van der Waals surface area contributed by atoms with E-state index in [9.17, 15) is 49.4 Å². The summed E-state index contributed by atoms with van der Waals surface area (Å²) in [5.41, 5.74) is -1.97. The van der Waals surface area contributed by atoms with Gasteiger partial charge in [-0.05, 0) is 43.0 Å². The lowest BCUT2D eigenvalue weighted by Crippen LogP contribution is -2.42. The van der Waals surface area contributed by atoms with Gasteiger partial charge in [-0.3, -0.25) is 4.79 Å². The first-order valence-corrected chi connectivity index (χ1v) is 12.5. The zero-order chi connectivity index (χ0) is 31.8. The van der Waals surface area contributed by atoms with E-state index >= 15 is 0 Å². The van der Waals surface area contributed by atoms with Crippen molar-refractivity contribution < 1.29 is 58.6 Å². The van der Waals surface area contributed by atoms with Gasteiger partial charge in [0.25, 0.3) is 17.7 Å². The number of ether oxygens (including phenoxy) is 1. The first-order valence-electron chi connectivity index (χ1n) is 12.5. The van der Waals surface area contributed by atoms with Crippen LogP contribution in [0, 0.1) is 0 Å². The highest BCUT2D eigenvalue weighted by Crippen LogP contribution is 2.44. The Balaban J connectivity index is 1.79. The molecule has 1 aromatic carbocycles. The van der Waals surface area contributed by atoms with Crippen molar-refractivity contribution in [2.75, 3.05) is 18.9 Å². The molecule has 1 amide bonds. The summed E-state index contributed by atoms with van der Waals surface area (Å²) in [6.45, 7) is -2.35. The third kappa shape index (κ3) is 7.11. The third-order valence-corrected chi connectivity index (χ3v) is 6.44. The molecule has 4 bridgehead atoms. The summed E-state index contributed by atoms with van der Waals surface area (Å²) in [5.74, 6) is -3.66. The lowest BCUT2D eigenvalue weighted by atomic mass is 9.95. The van der Waals surface area contributed by atoms with Crippen LogP contribution in [0.2, 0.25) is 0 Å². The molecule has 43 heavy (non-hydrogen) atoms. The fraction of sp³-hybridized carbons (Fsp3) is 0.440. The second-order valence-corrected chi connectivity index (χ2v) is 9.68. The van der Waals surface area contributed by atoms with Gasteiger partial charge in [0, 0.05) is 13.1 Å². The van der Waals surface area contributed by atoms with Crippen molar-refractivity contribution in [2.24, 2.45) is 0 Å². The predicted octanol–water partition coefficient (Wildman–Crippen LogP) is 5.64. The highest BCUT2D eigenvalue weighted by Gasteiger charge is 2.58. The van der Waals surface area contributed by atoms with E-state index in [0.29, 0.717) is 6.07 Å². The van der Waals surface area contributed by atoms with Crippen LogP contribution in [-0.4, -0.2) is 56.6 Å². The lowest BCUT2D eigenvalue weighted by molar-refractivity contribution is -0.277. The first kappa shape index (κ1) is 31.8. The molecule has 3 heterocycles. The van der Waals surface area contributed by atoms with Crippen molar-refractivity contribution in [3.05, 3.63) is 53.0 Å². The molecule has 0 aliphatic carbocycles. The van der Waals surface area contributed by atoms with Crippen LogP contribution in [0.3, 0.4) is 0 Å². The number of aromatic nitrogens is 3. The Morgan fingerprint density at radius 1 is 1.00 bits per heavy atom. The molecular weight excluding hydrogens is 605 g/mol. The summed E-state index contributed by atoms with van der Waals surface area (Å²) >= 11 is 0. The number of alkyl halides is 9. The van der Waals surface area contributed by atoms with Crippen LogP contribution >= 0.6 is 0 Å². The average Bonchev–Trinajstić information content (AvgIpc) is 3.39. The number of benzene rings is 1. The summed E-state index contributed by atoms with van der Waals surface area (Å²) in [6.07, 6.45) is -16.4. The van der Waals surface area contributed by atoms with E-state index in [1.807, 2.05) is 0 Å². The number of pyridine rings is 1. The van der Waals surface area contributed by atoms with Gasteiger partial charge in [-0.2, -0.15) is 39.5 Å². The molecule has 0 saturated carbocycles. The van der Waals surface area contributed by atoms with Gasteiger partial charge in [0.05, 0.1) is 11.3 Å². The fourth-order valence-electron chi connectivity index (χ4n) is 4.32. The second-order valence-electron chi connectivity index (χ2n) is 9.68. The van der Waals surface area contributed by atoms with Gasteiger partial charge in [0.15, 0.2) is 12.3 Å². The number of rotatable bonds is 4. The molecule has 9 nitrogen and oxygen atoms in total. The summed E-state index contributed by atoms with van der Waals surface area (Å²) in [5, 5.41) is 17.1. The fourth-order valence-corrected chi connectivity index (χ4v) is 4.32. The monoisotopic (exact) mass is 627 g/mol. The number of fused-ring (bicyclic) bond motifs is 5. The standard InChI is InChI=1S/C25H22F9N5O4/c26-23(27,28)12-42-14-6-4-5-13(9-14)11-39-8-3-1-2-7-22(41,25(32,33)34)21-38-37-19(43-21)18-16(35)10-15(24(29,30)31)17(36-18)20(39)40/h4-6,9-10,41H,1-3,7-8,11-12,35H2/t22-/m1/s1. The van der Waals surface area contributed by atoms with E-state index in [0.717, 1.165) is 11.0 Å². The van der Waals surface area contributed by atoms with Crippen LogP contribution in [-0.2, 0) is 18.3 Å². The van der Waals surface area contributed by atoms with Gasteiger partial charge in [-0.1, -0.05) is 18.6 Å². The Morgan fingerprint density at radius 3 is 2.37 bits per heavy atom. The molecular formula is C25H22F9N5O4. The maximum absolute atomic E-state index is 14.0. The van der Waals surface area contributed by atoms with Crippen molar-refractivity contribution in [1.29, 1.82) is 0 Å². The van der Waals surface area contributed by atoms with Crippen LogP contribution in [0.5, 0.6) is 5.75 Å².